The maximum absolute atomic E-state index is 12.9. The minimum Gasteiger partial charge on any atom is -0.464 e. The van der Waals surface area contributed by atoms with Crippen LogP contribution in [0.4, 0.5) is 13.2 Å². The van der Waals surface area contributed by atoms with Crippen molar-refractivity contribution < 1.29 is 27.8 Å². The molecule has 1 N–H and O–H groups in total. The molecule has 0 spiro atoms. The van der Waals surface area contributed by atoms with Crippen LogP contribution in [0, 0.1) is 6.92 Å². The third-order valence-corrected chi connectivity index (χ3v) is 2.98. The molecular weight excluding hydrogens is 285 g/mol. The van der Waals surface area contributed by atoms with Gasteiger partial charge in [-0.2, -0.15) is 13.2 Å². The quantitative estimate of drug-likeness (QED) is 0.849. The fourth-order valence-electron chi connectivity index (χ4n) is 1.70. The minimum absolute atomic E-state index is 0.237. The maximum Gasteiger partial charge on any atom is 0.428 e. The second-order valence-electron chi connectivity index (χ2n) is 4.54. The maximum atomic E-state index is 12.9. The molecule has 0 fully saturated rings. The van der Waals surface area contributed by atoms with Gasteiger partial charge < -0.3 is 9.84 Å². The summed E-state index contributed by atoms with van der Waals surface area (Å²) in [6.07, 6.45) is -3.45. The number of carbonyl (C=O) groups is 1. The van der Waals surface area contributed by atoms with Crippen LogP contribution in [-0.4, -0.2) is 29.5 Å². The van der Waals surface area contributed by atoms with Crippen LogP contribution in [0.25, 0.3) is 6.08 Å². The summed E-state index contributed by atoms with van der Waals surface area (Å²) in [4.78, 5) is 11.4. The molecule has 0 aromatic heterocycles. The topological polar surface area (TPSA) is 46.5 Å². The minimum atomic E-state index is -5.10. The number of aliphatic hydroxyl groups is 1. The third-order valence-electron chi connectivity index (χ3n) is 2.98. The van der Waals surface area contributed by atoms with Gasteiger partial charge in [0, 0.05) is 6.42 Å². The van der Waals surface area contributed by atoms with Gasteiger partial charge in [-0.1, -0.05) is 36.4 Å². The summed E-state index contributed by atoms with van der Waals surface area (Å²) in [5, 5.41) is 9.64. The van der Waals surface area contributed by atoms with E-state index in [1.807, 2.05) is 0 Å². The van der Waals surface area contributed by atoms with Gasteiger partial charge in [0.05, 0.1) is 6.61 Å². The summed E-state index contributed by atoms with van der Waals surface area (Å²) < 4.78 is 43.0. The Bertz CT molecular complexity index is 523. The first kappa shape index (κ1) is 17.2. The first-order valence-electron chi connectivity index (χ1n) is 6.41. The van der Waals surface area contributed by atoms with Crippen LogP contribution in [0.2, 0.25) is 0 Å². The van der Waals surface area contributed by atoms with Crippen LogP contribution in [0.15, 0.2) is 30.3 Å². The molecule has 1 rings (SSSR count). The Morgan fingerprint density at radius 3 is 2.48 bits per heavy atom. The van der Waals surface area contributed by atoms with Crippen molar-refractivity contribution in [2.75, 3.05) is 6.61 Å². The van der Waals surface area contributed by atoms with Gasteiger partial charge in [-0.15, -0.1) is 0 Å². The van der Waals surface area contributed by atoms with Gasteiger partial charge in [-0.3, -0.25) is 0 Å². The van der Waals surface area contributed by atoms with E-state index < -0.39 is 24.2 Å². The molecule has 0 aliphatic carbocycles. The molecule has 3 nitrogen and oxygen atoms in total. The lowest BCUT2D eigenvalue weighted by Crippen LogP contribution is -2.52. The number of carbonyl (C=O) groups excluding carboxylic acids is 1. The molecule has 0 aliphatic heterocycles. The molecule has 0 amide bonds. The molecule has 21 heavy (non-hydrogen) atoms. The van der Waals surface area contributed by atoms with E-state index in [0.29, 0.717) is 5.56 Å². The van der Waals surface area contributed by atoms with Gasteiger partial charge in [0.25, 0.3) is 5.60 Å². The second kappa shape index (κ2) is 6.76. The molecule has 0 bridgehead atoms. The van der Waals surface area contributed by atoms with Gasteiger partial charge in [0.1, 0.15) is 0 Å². The predicted molar refractivity (Wildman–Crippen MR) is 72.5 cm³/mol. The van der Waals surface area contributed by atoms with Crippen LogP contribution in [0.1, 0.15) is 24.5 Å². The van der Waals surface area contributed by atoms with Crippen molar-refractivity contribution in [3.63, 3.8) is 0 Å². The first-order valence-corrected chi connectivity index (χ1v) is 6.41. The van der Waals surface area contributed by atoms with Gasteiger partial charge in [0.2, 0.25) is 0 Å². The molecule has 0 saturated heterocycles. The largest absolute Gasteiger partial charge is 0.464 e. The molecule has 0 aliphatic rings. The fourth-order valence-corrected chi connectivity index (χ4v) is 1.70. The second-order valence-corrected chi connectivity index (χ2v) is 4.54. The van der Waals surface area contributed by atoms with Crippen LogP contribution in [-0.2, 0) is 9.53 Å². The lowest BCUT2D eigenvalue weighted by atomic mass is 9.98. The zero-order valence-corrected chi connectivity index (χ0v) is 11.8. The smallest absolute Gasteiger partial charge is 0.428 e. The van der Waals surface area contributed by atoms with Crippen LogP contribution in [0.3, 0.4) is 0 Å². The Labute approximate surface area is 121 Å². The predicted octanol–water partition coefficient (Wildman–Crippen LogP) is 3.25. The molecule has 0 unspecified atom stereocenters. The molecule has 0 saturated carbocycles. The first-order chi connectivity index (χ1) is 9.72. The summed E-state index contributed by atoms with van der Waals surface area (Å²) in [5.41, 5.74) is -1.94. The number of hydrogen-bond acceptors (Lipinski definition) is 3. The number of hydrogen-bond donors (Lipinski definition) is 1. The summed E-state index contributed by atoms with van der Waals surface area (Å²) in [6.45, 7) is 2.94. The van der Waals surface area contributed by atoms with E-state index in [0.717, 1.165) is 11.6 Å². The Morgan fingerprint density at radius 1 is 1.33 bits per heavy atom. The standard InChI is InChI=1S/C15H17F3O3/c1-3-21-13(19)14(20,15(16,17)18)10-6-9-12-8-5-4-7-11(12)2/h4-9,20H,3,10H2,1-2H3/b9-6+/t14-/m1/s1. The summed E-state index contributed by atoms with van der Waals surface area (Å²) in [5.74, 6) is -1.69. The average Bonchev–Trinajstić information content (AvgIpc) is 2.39. The molecule has 6 heteroatoms. The van der Waals surface area contributed by atoms with Gasteiger partial charge >= 0.3 is 12.1 Å². The van der Waals surface area contributed by atoms with E-state index in [9.17, 15) is 23.1 Å². The molecule has 1 aromatic carbocycles. The third kappa shape index (κ3) is 4.07. The van der Waals surface area contributed by atoms with Crippen molar-refractivity contribution in [1.29, 1.82) is 0 Å². The van der Waals surface area contributed by atoms with E-state index >= 15 is 0 Å². The highest BCUT2D eigenvalue weighted by Gasteiger charge is 2.59. The monoisotopic (exact) mass is 302 g/mol. The number of aryl methyl sites for hydroxylation is 1. The Morgan fingerprint density at radius 2 is 1.95 bits per heavy atom. The number of rotatable bonds is 5. The normalized spacial score (nSPS) is 15.0. The van der Waals surface area contributed by atoms with Crippen molar-refractivity contribution in [1.82, 2.24) is 0 Å². The molecule has 0 radical (unpaired) electrons. The summed E-state index contributed by atoms with van der Waals surface area (Å²) in [7, 11) is 0. The highest BCUT2D eigenvalue weighted by molar-refractivity contribution is 5.80. The molecule has 1 atom stereocenters. The number of esters is 1. The van der Waals surface area contributed by atoms with Crippen molar-refractivity contribution in [2.45, 2.75) is 32.0 Å². The number of alkyl halides is 3. The highest BCUT2D eigenvalue weighted by atomic mass is 19.4. The average molecular weight is 302 g/mol. The zero-order chi connectivity index (χ0) is 16.1. The van der Waals surface area contributed by atoms with E-state index in [2.05, 4.69) is 4.74 Å². The Balaban J connectivity index is 2.94. The fraction of sp³-hybridized carbons (Fsp3) is 0.400. The lowest BCUT2D eigenvalue weighted by Gasteiger charge is -2.26. The Hall–Kier alpha value is -1.82. The van der Waals surface area contributed by atoms with E-state index in [1.54, 1.807) is 31.2 Å². The van der Waals surface area contributed by atoms with Crippen molar-refractivity contribution in [3.8, 4) is 0 Å². The Kier molecular flexibility index (Phi) is 5.54. The summed E-state index contributed by atoms with van der Waals surface area (Å²) in [6, 6.07) is 7.08. The van der Waals surface area contributed by atoms with Crippen molar-refractivity contribution in [2.24, 2.45) is 0 Å². The zero-order valence-electron chi connectivity index (χ0n) is 11.8. The van der Waals surface area contributed by atoms with E-state index in [1.165, 1.54) is 13.0 Å². The van der Waals surface area contributed by atoms with Crippen molar-refractivity contribution in [3.05, 3.63) is 41.5 Å². The van der Waals surface area contributed by atoms with Crippen LogP contribution >= 0.6 is 0 Å². The van der Waals surface area contributed by atoms with E-state index in [-0.39, 0.29) is 6.61 Å². The highest BCUT2D eigenvalue weighted by Crippen LogP contribution is 2.35. The SMILES string of the molecule is CCOC(=O)[C@](O)(C/C=C/c1ccccc1C)C(F)(F)F. The lowest BCUT2D eigenvalue weighted by molar-refractivity contribution is -0.261. The van der Waals surface area contributed by atoms with Gasteiger partial charge in [0.15, 0.2) is 0 Å². The molecule has 116 valence electrons. The van der Waals surface area contributed by atoms with Gasteiger partial charge in [-0.25, -0.2) is 4.79 Å². The molecule has 0 heterocycles. The van der Waals surface area contributed by atoms with Crippen LogP contribution in [0.5, 0.6) is 0 Å². The molecule has 1 aromatic rings. The number of benzene rings is 1. The van der Waals surface area contributed by atoms with E-state index in [4.69, 9.17) is 0 Å². The van der Waals surface area contributed by atoms with Crippen molar-refractivity contribution >= 4 is 12.0 Å². The number of ether oxygens (including phenoxy) is 1. The summed E-state index contributed by atoms with van der Waals surface area (Å²) >= 11 is 0. The molecular formula is C15H17F3O3. The number of halogens is 3. The van der Waals surface area contributed by atoms with Crippen LogP contribution < -0.4 is 0 Å². The van der Waals surface area contributed by atoms with Gasteiger partial charge in [-0.05, 0) is 25.0 Å².